The summed E-state index contributed by atoms with van der Waals surface area (Å²) < 4.78 is 2.46. The van der Waals surface area contributed by atoms with E-state index >= 15 is 0 Å². The van der Waals surface area contributed by atoms with E-state index in [2.05, 4.69) is 225 Å². The van der Waals surface area contributed by atoms with Gasteiger partial charge in [-0.2, -0.15) is 0 Å². The summed E-state index contributed by atoms with van der Waals surface area (Å²) in [6.07, 6.45) is 0. The lowest BCUT2D eigenvalue weighted by Crippen LogP contribution is -2.14. The van der Waals surface area contributed by atoms with E-state index in [0.717, 1.165) is 39.3 Å². The second-order valence-corrected chi connectivity index (χ2v) is 15.9. The van der Waals surface area contributed by atoms with Crippen molar-refractivity contribution < 1.29 is 0 Å². The van der Waals surface area contributed by atoms with Crippen LogP contribution in [0.1, 0.15) is 25.0 Å². The molecule has 274 valence electrons. The zero-order valence-corrected chi connectivity index (χ0v) is 32.5. The molecule has 0 spiro atoms. The van der Waals surface area contributed by atoms with Crippen molar-refractivity contribution in [2.45, 2.75) is 19.3 Å². The molecule has 0 fully saturated rings. The second-order valence-electron chi connectivity index (χ2n) is 15.9. The van der Waals surface area contributed by atoms with Gasteiger partial charge in [-0.25, -0.2) is 4.98 Å². The van der Waals surface area contributed by atoms with Crippen LogP contribution >= 0.6 is 0 Å². The molecule has 0 radical (unpaired) electrons. The van der Waals surface area contributed by atoms with Crippen LogP contribution in [0, 0.1) is 0 Å². The van der Waals surface area contributed by atoms with E-state index in [9.17, 15) is 0 Å². The molecule has 11 rings (SSSR count). The lowest BCUT2D eigenvalue weighted by molar-refractivity contribution is 0.660. The van der Waals surface area contributed by atoms with Gasteiger partial charge in [-0.15, -0.1) is 0 Å². The highest BCUT2D eigenvalue weighted by Gasteiger charge is 2.35. The average molecular weight is 741 g/mol. The Balaban J connectivity index is 1.06. The van der Waals surface area contributed by atoms with Crippen molar-refractivity contribution in [3.8, 4) is 72.7 Å². The lowest BCUT2D eigenvalue weighted by atomic mass is 9.81. The highest BCUT2D eigenvalue weighted by atomic mass is 15.0. The fourth-order valence-corrected chi connectivity index (χ4v) is 9.36. The molecule has 0 amide bonds. The maximum Gasteiger partial charge on any atom is 0.0715 e. The van der Waals surface area contributed by atoms with Crippen LogP contribution in [-0.4, -0.2) is 9.55 Å². The fraction of sp³-hybridized carbons (Fsp3) is 0.0536. The van der Waals surface area contributed by atoms with Gasteiger partial charge >= 0.3 is 0 Å². The normalized spacial score (nSPS) is 12.8. The summed E-state index contributed by atoms with van der Waals surface area (Å²) in [5.41, 5.74) is 20.2. The maximum atomic E-state index is 5.12. The van der Waals surface area contributed by atoms with Crippen LogP contribution in [0.3, 0.4) is 0 Å². The summed E-state index contributed by atoms with van der Waals surface area (Å²) in [6.45, 7) is 4.72. The number of fused-ring (bicyclic) bond motifs is 6. The van der Waals surface area contributed by atoms with Crippen LogP contribution < -0.4 is 0 Å². The number of nitrogens with zero attached hydrogens (tertiary/aromatic N) is 2. The predicted molar refractivity (Wildman–Crippen MR) is 243 cm³/mol. The van der Waals surface area contributed by atoms with Gasteiger partial charge in [0.25, 0.3) is 0 Å². The third-order valence-electron chi connectivity index (χ3n) is 12.2. The van der Waals surface area contributed by atoms with E-state index in [1.807, 2.05) is 0 Å². The molecule has 2 heteroatoms. The Kier molecular flexibility index (Phi) is 7.87. The van der Waals surface area contributed by atoms with Gasteiger partial charge in [-0.05, 0) is 86.5 Å². The number of para-hydroxylation sites is 2. The van der Waals surface area contributed by atoms with Gasteiger partial charge in [0.2, 0.25) is 0 Å². The SMILES string of the molecule is CC1(C)c2ccccc2-c2ccc(-c3ccccc3-c3cccc4c5ccccc5n(-c5ccc(-c6cc(-c7ccccc7)nc(-c7ccccc7)c6)cc5)c34)cc21. The molecule has 2 aromatic heterocycles. The minimum Gasteiger partial charge on any atom is -0.309 e. The third-order valence-corrected chi connectivity index (χ3v) is 12.2. The Morgan fingerprint density at radius 1 is 0.362 bits per heavy atom. The van der Waals surface area contributed by atoms with Gasteiger partial charge in [-0.1, -0.05) is 184 Å². The number of benzene rings is 8. The highest BCUT2D eigenvalue weighted by Crippen LogP contribution is 2.50. The van der Waals surface area contributed by atoms with E-state index < -0.39 is 0 Å². The van der Waals surface area contributed by atoms with Crippen LogP contribution in [0.4, 0.5) is 0 Å². The van der Waals surface area contributed by atoms with E-state index in [0.29, 0.717) is 0 Å². The molecule has 0 saturated carbocycles. The molecule has 8 aromatic carbocycles. The minimum absolute atomic E-state index is 0.0715. The standard InChI is InChI=1S/C56H40N2/c1-56(2)50-26-13-11-22-45(50)46-33-30-40(34-51(46)56)43-20-9-10-21-44(43)48-24-15-25-49-47-23-12-14-27-54(47)58(55(48)49)42-31-28-37(29-32-42)41-35-52(38-16-5-3-6-17-38)57-53(36-41)39-18-7-4-8-19-39/h3-36H,1-2H3. The molecule has 1 aliphatic rings. The Hall–Kier alpha value is -7.29. The smallest absolute Gasteiger partial charge is 0.0715 e. The van der Waals surface area contributed by atoms with E-state index in [4.69, 9.17) is 4.98 Å². The molecule has 0 unspecified atom stereocenters. The summed E-state index contributed by atoms with van der Waals surface area (Å²) in [6, 6.07) is 74.9. The quantitative estimate of drug-likeness (QED) is 0.166. The largest absolute Gasteiger partial charge is 0.309 e. The predicted octanol–water partition coefficient (Wildman–Crippen LogP) is 14.8. The van der Waals surface area contributed by atoms with Crippen molar-refractivity contribution >= 4 is 21.8 Å². The Morgan fingerprint density at radius 3 is 1.64 bits per heavy atom. The molecule has 0 atom stereocenters. The first kappa shape index (κ1) is 34.0. The third kappa shape index (κ3) is 5.44. The zero-order valence-electron chi connectivity index (χ0n) is 32.5. The molecule has 1 aliphatic carbocycles. The summed E-state index contributed by atoms with van der Waals surface area (Å²) >= 11 is 0. The van der Waals surface area contributed by atoms with E-state index in [1.54, 1.807) is 0 Å². The number of hydrogen-bond donors (Lipinski definition) is 0. The summed E-state index contributed by atoms with van der Waals surface area (Å²) in [7, 11) is 0. The molecule has 0 saturated heterocycles. The van der Waals surface area contributed by atoms with Gasteiger partial charge in [-0.3, -0.25) is 0 Å². The first-order valence-corrected chi connectivity index (χ1v) is 20.1. The first-order chi connectivity index (χ1) is 28.5. The van der Waals surface area contributed by atoms with Gasteiger partial charge < -0.3 is 4.57 Å². The minimum atomic E-state index is -0.0715. The molecule has 2 heterocycles. The van der Waals surface area contributed by atoms with Crippen LogP contribution in [0.25, 0.3) is 94.5 Å². The molecule has 0 N–H and O–H groups in total. The first-order valence-electron chi connectivity index (χ1n) is 20.1. The fourth-order valence-electron chi connectivity index (χ4n) is 9.36. The van der Waals surface area contributed by atoms with Crippen LogP contribution in [0.5, 0.6) is 0 Å². The molecular weight excluding hydrogens is 701 g/mol. The second kappa shape index (κ2) is 13.4. The van der Waals surface area contributed by atoms with Crippen molar-refractivity contribution in [1.29, 1.82) is 0 Å². The highest BCUT2D eigenvalue weighted by molar-refractivity contribution is 6.14. The van der Waals surface area contributed by atoms with Crippen LogP contribution in [0.15, 0.2) is 206 Å². The van der Waals surface area contributed by atoms with Crippen molar-refractivity contribution in [3.05, 3.63) is 217 Å². The molecule has 0 bridgehead atoms. The van der Waals surface area contributed by atoms with Gasteiger partial charge in [0, 0.05) is 38.6 Å². The Bertz CT molecular complexity index is 3110. The number of hydrogen-bond acceptors (Lipinski definition) is 1. The summed E-state index contributed by atoms with van der Waals surface area (Å²) in [4.78, 5) is 5.12. The Morgan fingerprint density at radius 2 is 0.914 bits per heavy atom. The average Bonchev–Trinajstić information content (AvgIpc) is 3.75. The number of rotatable bonds is 6. The van der Waals surface area contributed by atoms with Crippen molar-refractivity contribution in [3.63, 3.8) is 0 Å². The van der Waals surface area contributed by atoms with Gasteiger partial charge in [0.05, 0.1) is 22.4 Å². The topological polar surface area (TPSA) is 17.8 Å². The van der Waals surface area contributed by atoms with E-state index in [1.165, 1.54) is 66.3 Å². The number of aromatic nitrogens is 2. The molecule has 2 nitrogen and oxygen atoms in total. The van der Waals surface area contributed by atoms with E-state index in [-0.39, 0.29) is 5.41 Å². The Labute approximate surface area is 339 Å². The molecular formula is C56H40N2. The van der Waals surface area contributed by atoms with Crippen LogP contribution in [-0.2, 0) is 5.41 Å². The maximum absolute atomic E-state index is 5.12. The molecule has 10 aromatic rings. The monoisotopic (exact) mass is 740 g/mol. The lowest BCUT2D eigenvalue weighted by Gasteiger charge is -2.22. The number of pyridine rings is 1. The zero-order chi connectivity index (χ0) is 38.8. The van der Waals surface area contributed by atoms with Crippen molar-refractivity contribution in [1.82, 2.24) is 9.55 Å². The summed E-state index contributed by atoms with van der Waals surface area (Å²) in [5.74, 6) is 0. The summed E-state index contributed by atoms with van der Waals surface area (Å²) in [5, 5.41) is 2.48. The molecule has 0 aliphatic heterocycles. The molecule has 58 heavy (non-hydrogen) atoms. The van der Waals surface area contributed by atoms with Crippen LogP contribution in [0.2, 0.25) is 0 Å². The van der Waals surface area contributed by atoms with Gasteiger partial charge in [0.15, 0.2) is 0 Å². The van der Waals surface area contributed by atoms with Crippen molar-refractivity contribution in [2.24, 2.45) is 0 Å². The van der Waals surface area contributed by atoms with Crippen molar-refractivity contribution in [2.75, 3.05) is 0 Å². The van der Waals surface area contributed by atoms with Gasteiger partial charge in [0.1, 0.15) is 0 Å².